The molecule has 0 aliphatic heterocycles. The number of carbonyl (C=O) groups excluding carboxylic acids is 1. The molecule has 0 saturated heterocycles. The summed E-state index contributed by atoms with van der Waals surface area (Å²) in [6, 6.07) is 14.1. The van der Waals surface area contributed by atoms with Crippen LogP contribution in [0.4, 0.5) is 0 Å². The third-order valence-corrected chi connectivity index (χ3v) is 6.54. The molecule has 162 valence electrons. The molecule has 2 fully saturated rings. The molecular formula is C25H26N6O. The fraction of sp³-hybridized carbons (Fsp3) is 0.360. The van der Waals surface area contributed by atoms with Crippen molar-refractivity contribution >= 4 is 16.9 Å². The van der Waals surface area contributed by atoms with Crippen molar-refractivity contribution in [2.45, 2.75) is 44.1 Å². The predicted octanol–water partition coefficient (Wildman–Crippen LogP) is 4.18. The first-order chi connectivity index (χ1) is 15.6. The number of hydrogen-bond donors (Lipinski definition) is 0. The van der Waals surface area contributed by atoms with Gasteiger partial charge in [0.1, 0.15) is 0 Å². The van der Waals surface area contributed by atoms with Crippen molar-refractivity contribution in [3.05, 3.63) is 71.3 Å². The molecular weight excluding hydrogens is 400 g/mol. The van der Waals surface area contributed by atoms with Crippen molar-refractivity contribution in [2.75, 3.05) is 7.05 Å². The summed E-state index contributed by atoms with van der Waals surface area (Å²) in [4.78, 5) is 20.6. The van der Waals surface area contributed by atoms with E-state index in [0.29, 0.717) is 18.4 Å². The molecule has 0 atom stereocenters. The standard InChI is InChI=1S/C25H26N6O/c1-29(15-19-12-13-26-30(19)2)25(32)20-14-21(16-8-9-16)27-24-22(20)23(17-10-11-17)28-31(24)18-6-4-3-5-7-18/h3-7,12-14,16-17H,8-11,15H2,1-2H3. The third kappa shape index (κ3) is 3.28. The number of pyridine rings is 1. The van der Waals surface area contributed by atoms with E-state index < -0.39 is 0 Å². The summed E-state index contributed by atoms with van der Waals surface area (Å²) in [6.07, 6.45) is 6.25. The van der Waals surface area contributed by atoms with Crippen LogP contribution in [0.25, 0.3) is 16.7 Å². The zero-order chi connectivity index (χ0) is 21.8. The van der Waals surface area contributed by atoms with Gasteiger partial charge in [-0.05, 0) is 49.9 Å². The Kier molecular flexibility index (Phi) is 4.38. The van der Waals surface area contributed by atoms with Crippen LogP contribution in [-0.4, -0.2) is 42.4 Å². The summed E-state index contributed by atoms with van der Waals surface area (Å²) >= 11 is 0. The van der Waals surface area contributed by atoms with Gasteiger partial charge >= 0.3 is 0 Å². The Morgan fingerprint density at radius 1 is 1.09 bits per heavy atom. The fourth-order valence-electron chi connectivity index (χ4n) is 4.39. The molecule has 7 heteroatoms. The average Bonchev–Trinajstić information content (AvgIpc) is 3.75. The monoisotopic (exact) mass is 426 g/mol. The quantitative estimate of drug-likeness (QED) is 0.464. The number of hydrogen-bond acceptors (Lipinski definition) is 4. The van der Waals surface area contributed by atoms with E-state index in [1.54, 1.807) is 11.1 Å². The normalized spacial score (nSPS) is 15.9. The zero-order valence-corrected chi connectivity index (χ0v) is 18.4. The Balaban J connectivity index is 1.51. The smallest absolute Gasteiger partial charge is 0.254 e. The van der Waals surface area contributed by atoms with Crippen molar-refractivity contribution in [1.29, 1.82) is 0 Å². The third-order valence-electron chi connectivity index (χ3n) is 6.54. The van der Waals surface area contributed by atoms with Crippen LogP contribution >= 0.6 is 0 Å². The second-order valence-corrected chi connectivity index (χ2v) is 9.08. The van der Waals surface area contributed by atoms with Crippen LogP contribution in [0.1, 0.15) is 65.0 Å². The fourth-order valence-corrected chi connectivity index (χ4v) is 4.39. The van der Waals surface area contributed by atoms with Gasteiger partial charge in [-0.3, -0.25) is 9.48 Å². The number of para-hydroxylation sites is 1. The van der Waals surface area contributed by atoms with Gasteiger partial charge in [-0.2, -0.15) is 10.2 Å². The molecule has 0 spiro atoms. The number of nitrogens with zero attached hydrogens (tertiary/aromatic N) is 6. The summed E-state index contributed by atoms with van der Waals surface area (Å²) in [6.45, 7) is 0.503. The van der Waals surface area contributed by atoms with Crippen molar-refractivity contribution < 1.29 is 4.79 Å². The van der Waals surface area contributed by atoms with Crippen molar-refractivity contribution in [3.8, 4) is 5.69 Å². The van der Waals surface area contributed by atoms with E-state index in [4.69, 9.17) is 10.1 Å². The SMILES string of the molecule is CN(Cc1ccnn1C)C(=O)c1cc(C2CC2)nc2c1c(C1CC1)nn2-c1ccccc1. The number of carbonyl (C=O) groups is 1. The van der Waals surface area contributed by atoms with Gasteiger partial charge < -0.3 is 4.90 Å². The minimum absolute atomic E-state index is 0.00927. The summed E-state index contributed by atoms with van der Waals surface area (Å²) < 4.78 is 3.75. The summed E-state index contributed by atoms with van der Waals surface area (Å²) in [5, 5.41) is 10.2. The van der Waals surface area contributed by atoms with Crippen LogP contribution in [0.15, 0.2) is 48.7 Å². The molecule has 3 aromatic heterocycles. The number of amides is 1. The van der Waals surface area contributed by atoms with Gasteiger partial charge in [0.25, 0.3) is 5.91 Å². The van der Waals surface area contributed by atoms with E-state index in [-0.39, 0.29) is 5.91 Å². The predicted molar refractivity (Wildman–Crippen MR) is 122 cm³/mol. The van der Waals surface area contributed by atoms with E-state index in [1.165, 1.54) is 0 Å². The van der Waals surface area contributed by atoms with Crippen molar-refractivity contribution in [1.82, 2.24) is 29.4 Å². The molecule has 3 heterocycles. The van der Waals surface area contributed by atoms with Crippen LogP contribution < -0.4 is 0 Å². The molecule has 2 aliphatic rings. The molecule has 32 heavy (non-hydrogen) atoms. The summed E-state index contributed by atoms with van der Waals surface area (Å²) in [5.41, 5.74) is 5.53. The van der Waals surface area contributed by atoms with Gasteiger partial charge in [-0.25, -0.2) is 9.67 Å². The van der Waals surface area contributed by atoms with Gasteiger partial charge in [0.2, 0.25) is 0 Å². The number of benzene rings is 1. The highest BCUT2D eigenvalue weighted by Crippen LogP contribution is 2.45. The van der Waals surface area contributed by atoms with E-state index in [0.717, 1.165) is 65.0 Å². The molecule has 4 aromatic rings. The second kappa shape index (κ2) is 7.29. The highest BCUT2D eigenvalue weighted by atomic mass is 16.2. The maximum atomic E-state index is 13.8. The Morgan fingerprint density at radius 3 is 2.50 bits per heavy atom. The largest absolute Gasteiger partial charge is 0.336 e. The Bertz CT molecular complexity index is 1310. The number of fused-ring (bicyclic) bond motifs is 1. The van der Waals surface area contributed by atoms with Crippen LogP contribution in [0, 0.1) is 0 Å². The Labute approximate surface area is 186 Å². The minimum atomic E-state index is 0.00927. The lowest BCUT2D eigenvalue weighted by atomic mass is 10.0. The molecule has 0 N–H and O–H groups in total. The zero-order valence-electron chi connectivity index (χ0n) is 18.4. The van der Waals surface area contributed by atoms with Gasteiger partial charge in [0.15, 0.2) is 5.65 Å². The molecule has 1 aromatic carbocycles. The molecule has 1 amide bonds. The number of rotatable bonds is 6. The van der Waals surface area contributed by atoms with E-state index >= 15 is 0 Å². The topological polar surface area (TPSA) is 68.8 Å². The van der Waals surface area contributed by atoms with Crippen LogP contribution in [0.2, 0.25) is 0 Å². The highest BCUT2D eigenvalue weighted by molar-refractivity contribution is 6.07. The molecule has 2 aliphatic carbocycles. The molecule has 6 rings (SSSR count). The van der Waals surface area contributed by atoms with E-state index in [9.17, 15) is 4.79 Å². The minimum Gasteiger partial charge on any atom is -0.336 e. The summed E-state index contributed by atoms with van der Waals surface area (Å²) in [5.74, 6) is 0.858. The van der Waals surface area contributed by atoms with E-state index in [2.05, 4.69) is 5.10 Å². The maximum absolute atomic E-state index is 13.8. The highest BCUT2D eigenvalue weighted by Gasteiger charge is 2.35. The van der Waals surface area contributed by atoms with Crippen LogP contribution in [-0.2, 0) is 13.6 Å². The van der Waals surface area contributed by atoms with Crippen LogP contribution in [0.3, 0.4) is 0 Å². The van der Waals surface area contributed by atoms with Gasteiger partial charge in [0.05, 0.1) is 34.6 Å². The molecule has 0 unspecified atom stereocenters. The molecule has 0 radical (unpaired) electrons. The van der Waals surface area contributed by atoms with Crippen molar-refractivity contribution in [3.63, 3.8) is 0 Å². The summed E-state index contributed by atoms with van der Waals surface area (Å²) in [7, 11) is 3.76. The lowest BCUT2D eigenvalue weighted by Gasteiger charge is -2.18. The average molecular weight is 427 g/mol. The molecule has 7 nitrogen and oxygen atoms in total. The van der Waals surface area contributed by atoms with Crippen LogP contribution in [0.5, 0.6) is 0 Å². The lowest BCUT2D eigenvalue weighted by molar-refractivity contribution is 0.0783. The Morgan fingerprint density at radius 2 is 1.84 bits per heavy atom. The first-order valence-electron chi connectivity index (χ1n) is 11.3. The first-order valence-corrected chi connectivity index (χ1v) is 11.3. The second-order valence-electron chi connectivity index (χ2n) is 9.08. The van der Waals surface area contributed by atoms with Gasteiger partial charge in [-0.15, -0.1) is 0 Å². The van der Waals surface area contributed by atoms with Gasteiger partial charge in [0, 0.05) is 37.8 Å². The van der Waals surface area contributed by atoms with Gasteiger partial charge in [-0.1, -0.05) is 18.2 Å². The van der Waals surface area contributed by atoms with E-state index in [1.807, 2.05) is 65.9 Å². The number of aryl methyl sites for hydroxylation is 1. The molecule has 2 saturated carbocycles. The molecule has 0 bridgehead atoms. The lowest BCUT2D eigenvalue weighted by Crippen LogP contribution is -2.27. The van der Waals surface area contributed by atoms with Crippen molar-refractivity contribution in [2.24, 2.45) is 7.05 Å². The number of aromatic nitrogens is 5. The first kappa shape index (κ1) is 19.2. The Hall–Kier alpha value is -3.48. The maximum Gasteiger partial charge on any atom is 0.254 e.